The van der Waals surface area contributed by atoms with Crippen LogP contribution >= 0.6 is 11.6 Å². The van der Waals surface area contributed by atoms with Gasteiger partial charge in [0.15, 0.2) is 6.10 Å². The molecular weight excluding hydrogens is 274 g/mol. The SMILES string of the molecule is CC(NC(=O)C(O)c1ccccc1)c1ccc(Cl)cc1. The van der Waals surface area contributed by atoms with Crippen LogP contribution in [0.25, 0.3) is 0 Å². The molecule has 0 fully saturated rings. The molecule has 0 spiro atoms. The zero-order chi connectivity index (χ0) is 14.5. The lowest BCUT2D eigenvalue weighted by atomic mass is 10.1. The summed E-state index contributed by atoms with van der Waals surface area (Å²) in [7, 11) is 0. The van der Waals surface area contributed by atoms with Gasteiger partial charge in [-0.3, -0.25) is 4.79 Å². The van der Waals surface area contributed by atoms with E-state index < -0.39 is 12.0 Å². The van der Waals surface area contributed by atoms with E-state index in [2.05, 4.69) is 5.32 Å². The molecule has 1 amide bonds. The number of halogens is 1. The molecule has 2 aromatic rings. The van der Waals surface area contributed by atoms with Gasteiger partial charge >= 0.3 is 0 Å². The number of carbonyl (C=O) groups excluding carboxylic acids is 1. The fraction of sp³-hybridized carbons (Fsp3) is 0.188. The van der Waals surface area contributed by atoms with E-state index in [4.69, 9.17) is 11.6 Å². The second-order valence-electron chi connectivity index (χ2n) is 4.60. The van der Waals surface area contributed by atoms with E-state index in [1.807, 2.05) is 25.1 Å². The molecule has 2 rings (SSSR count). The van der Waals surface area contributed by atoms with E-state index in [-0.39, 0.29) is 6.04 Å². The Balaban J connectivity index is 2.02. The highest BCUT2D eigenvalue weighted by atomic mass is 35.5. The number of carbonyl (C=O) groups is 1. The molecule has 0 saturated heterocycles. The van der Waals surface area contributed by atoms with Crippen molar-refractivity contribution >= 4 is 17.5 Å². The van der Waals surface area contributed by atoms with Crippen LogP contribution in [-0.2, 0) is 4.79 Å². The van der Waals surface area contributed by atoms with Gasteiger partial charge < -0.3 is 10.4 Å². The summed E-state index contributed by atoms with van der Waals surface area (Å²) in [5.74, 6) is -0.418. The zero-order valence-corrected chi connectivity index (χ0v) is 11.8. The number of nitrogens with one attached hydrogen (secondary N) is 1. The maximum absolute atomic E-state index is 12.0. The topological polar surface area (TPSA) is 49.3 Å². The molecule has 3 nitrogen and oxygen atoms in total. The molecule has 4 heteroatoms. The Morgan fingerprint density at radius 3 is 2.25 bits per heavy atom. The number of benzene rings is 2. The third kappa shape index (κ3) is 3.59. The van der Waals surface area contributed by atoms with E-state index in [9.17, 15) is 9.90 Å². The smallest absolute Gasteiger partial charge is 0.253 e. The molecule has 2 N–H and O–H groups in total. The second kappa shape index (κ2) is 6.55. The number of aliphatic hydroxyl groups is 1. The van der Waals surface area contributed by atoms with Crippen molar-refractivity contribution in [2.75, 3.05) is 0 Å². The highest BCUT2D eigenvalue weighted by Crippen LogP contribution is 2.18. The average molecular weight is 290 g/mol. The molecule has 2 unspecified atom stereocenters. The Bertz CT molecular complexity index is 569. The minimum atomic E-state index is -1.16. The molecule has 2 aromatic carbocycles. The Morgan fingerprint density at radius 2 is 1.65 bits per heavy atom. The molecule has 0 aromatic heterocycles. The van der Waals surface area contributed by atoms with Gasteiger partial charge in [0.1, 0.15) is 0 Å². The number of hydrogen-bond donors (Lipinski definition) is 2. The summed E-state index contributed by atoms with van der Waals surface area (Å²) < 4.78 is 0. The summed E-state index contributed by atoms with van der Waals surface area (Å²) in [6.07, 6.45) is -1.16. The molecule has 20 heavy (non-hydrogen) atoms. The predicted octanol–water partition coefficient (Wildman–Crippen LogP) is 3.25. The number of hydrogen-bond acceptors (Lipinski definition) is 2. The van der Waals surface area contributed by atoms with Crippen molar-refractivity contribution in [1.82, 2.24) is 5.32 Å². The maximum atomic E-state index is 12.0. The van der Waals surface area contributed by atoms with Crippen molar-refractivity contribution in [3.05, 3.63) is 70.7 Å². The highest BCUT2D eigenvalue weighted by Gasteiger charge is 2.19. The molecule has 0 aliphatic carbocycles. The van der Waals surface area contributed by atoms with Crippen molar-refractivity contribution in [2.24, 2.45) is 0 Å². The second-order valence-corrected chi connectivity index (χ2v) is 5.03. The quantitative estimate of drug-likeness (QED) is 0.908. The molecule has 0 aliphatic rings. The predicted molar refractivity (Wildman–Crippen MR) is 79.4 cm³/mol. The van der Waals surface area contributed by atoms with Gasteiger partial charge in [0.2, 0.25) is 0 Å². The molecule has 0 radical (unpaired) electrons. The van der Waals surface area contributed by atoms with Crippen LogP contribution in [0.1, 0.15) is 30.2 Å². The van der Waals surface area contributed by atoms with Crippen LogP contribution in [0.4, 0.5) is 0 Å². The van der Waals surface area contributed by atoms with Gasteiger partial charge in [-0.15, -0.1) is 0 Å². The monoisotopic (exact) mass is 289 g/mol. The summed E-state index contributed by atoms with van der Waals surface area (Å²) >= 11 is 5.83. The molecule has 0 bridgehead atoms. The minimum Gasteiger partial charge on any atom is -0.378 e. The minimum absolute atomic E-state index is 0.196. The van der Waals surface area contributed by atoms with Gasteiger partial charge in [0.25, 0.3) is 5.91 Å². The molecule has 2 atom stereocenters. The van der Waals surface area contributed by atoms with Crippen LogP contribution in [-0.4, -0.2) is 11.0 Å². The van der Waals surface area contributed by atoms with Crippen molar-refractivity contribution in [3.8, 4) is 0 Å². The van der Waals surface area contributed by atoms with Gasteiger partial charge in [-0.1, -0.05) is 54.1 Å². The number of rotatable bonds is 4. The van der Waals surface area contributed by atoms with E-state index in [1.54, 1.807) is 36.4 Å². The first-order chi connectivity index (χ1) is 9.58. The Morgan fingerprint density at radius 1 is 1.05 bits per heavy atom. The van der Waals surface area contributed by atoms with Gasteiger partial charge in [-0.05, 0) is 30.2 Å². The summed E-state index contributed by atoms with van der Waals surface area (Å²) in [6.45, 7) is 1.86. The third-order valence-electron chi connectivity index (χ3n) is 3.09. The number of amides is 1. The fourth-order valence-corrected chi connectivity index (χ4v) is 2.04. The lowest BCUT2D eigenvalue weighted by molar-refractivity contribution is -0.130. The van der Waals surface area contributed by atoms with Gasteiger partial charge in [0.05, 0.1) is 6.04 Å². The standard InChI is InChI=1S/C16H16ClNO2/c1-11(12-7-9-14(17)10-8-12)18-16(20)15(19)13-5-3-2-4-6-13/h2-11,15,19H,1H3,(H,18,20). The van der Waals surface area contributed by atoms with E-state index in [1.165, 1.54) is 0 Å². The van der Waals surface area contributed by atoms with Crippen molar-refractivity contribution in [3.63, 3.8) is 0 Å². The van der Waals surface area contributed by atoms with Crippen molar-refractivity contribution in [1.29, 1.82) is 0 Å². The Hall–Kier alpha value is -1.84. The lowest BCUT2D eigenvalue weighted by Gasteiger charge is -2.17. The summed E-state index contributed by atoms with van der Waals surface area (Å²) in [6, 6.07) is 15.9. The summed E-state index contributed by atoms with van der Waals surface area (Å²) in [5, 5.41) is 13.4. The van der Waals surface area contributed by atoms with Crippen LogP contribution in [0.5, 0.6) is 0 Å². The van der Waals surface area contributed by atoms with Crippen LogP contribution in [0.3, 0.4) is 0 Å². The zero-order valence-electron chi connectivity index (χ0n) is 11.1. The third-order valence-corrected chi connectivity index (χ3v) is 3.34. The van der Waals surface area contributed by atoms with Crippen LogP contribution in [0.15, 0.2) is 54.6 Å². The van der Waals surface area contributed by atoms with E-state index >= 15 is 0 Å². The first kappa shape index (κ1) is 14.6. The molecule has 0 saturated carbocycles. The summed E-state index contributed by atoms with van der Waals surface area (Å²) in [4.78, 5) is 12.0. The first-order valence-electron chi connectivity index (χ1n) is 6.37. The Labute approximate surface area is 123 Å². The van der Waals surface area contributed by atoms with Crippen LogP contribution in [0, 0.1) is 0 Å². The molecule has 0 aliphatic heterocycles. The molecule has 104 valence electrons. The molecule has 0 heterocycles. The lowest BCUT2D eigenvalue weighted by Crippen LogP contribution is -2.31. The summed E-state index contributed by atoms with van der Waals surface area (Å²) in [5.41, 5.74) is 1.51. The van der Waals surface area contributed by atoms with Crippen molar-refractivity contribution < 1.29 is 9.90 Å². The average Bonchev–Trinajstić information content (AvgIpc) is 2.48. The largest absolute Gasteiger partial charge is 0.378 e. The van der Waals surface area contributed by atoms with E-state index in [0.29, 0.717) is 10.6 Å². The van der Waals surface area contributed by atoms with E-state index in [0.717, 1.165) is 5.56 Å². The van der Waals surface area contributed by atoms with Gasteiger partial charge in [-0.25, -0.2) is 0 Å². The first-order valence-corrected chi connectivity index (χ1v) is 6.74. The fourth-order valence-electron chi connectivity index (χ4n) is 1.91. The maximum Gasteiger partial charge on any atom is 0.253 e. The van der Waals surface area contributed by atoms with Gasteiger partial charge in [-0.2, -0.15) is 0 Å². The van der Waals surface area contributed by atoms with Crippen molar-refractivity contribution in [2.45, 2.75) is 19.1 Å². The van der Waals surface area contributed by atoms with Gasteiger partial charge in [0, 0.05) is 5.02 Å². The number of aliphatic hydroxyl groups excluding tert-OH is 1. The normalized spacial score (nSPS) is 13.6. The Kier molecular flexibility index (Phi) is 4.77. The molecular formula is C16H16ClNO2. The van der Waals surface area contributed by atoms with Crippen LogP contribution in [0.2, 0.25) is 5.02 Å². The highest BCUT2D eigenvalue weighted by molar-refractivity contribution is 6.30. The van der Waals surface area contributed by atoms with Crippen LogP contribution < -0.4 is 5.32 Å².